The van der Waals surface area contributed by atoms with Crippen LogP contribution in [0.1, 0.15) is 37.7 Å². The minimum Gasteiger partial charge on any atom is -0.472 e. The van der Waals surface area contributed by atoms with Gasteiger partial charge in [-0.2, -0.15) is 0 Å². The summed E-state index contributed by atoms with van der Waals surface area (Å²) in [5.41, 5.74) is 0.978. The summed E-state index contributed by atoms with van der Waals surface area (Å²) in [5.74, 6) is 0.246. The normalized spacial score (nSPS) is 16.1. The predicted octanol–water partition coefficient (Wildman–Crippen LogP) is 2.03. The molecule has 1 saturated heterocycles. The van der Waals surface area contributed by atoms with E-state index in [0.717, 1.165) is 31.4 Å². The van der Waals surface area contributed by atoms with Gasteiger partial charge in [-0.1, -0.05) is 6.42 Å². The van der Waals surface area contributed by atoms with E-state index >= 15 is 0 Å². The number of hydrogen-bond donors (Lipinski definition) is 0. The van der Waals surface area contributed by atoms with E-state index in [1.165, 1.54) is 0 Å². The van der Waals surface area contributed by atoms with Crippen LogP contribution in [0.2, 0.25) is 0 Å². The Morgan fingerprint density at radius 1 is 1.40 bits per heavy atom. The van der Waals surface area contributed by atoms with Crippen LogP contribution in [0.5, 0.6) is 0 Å². The lowest BCUT2D eigenvalue weighted by atomic mass is 10.2. The summed E-state index contributed by atoms with van der Waals surface area (Å²) < 4.78 is 4.99. The Bertz CT molecular complexity index is 442. The zero-order valence-electron chi connectivity index (χ0n) is 12.0. The smallest absolute Gasteiger partial charge is 0.224 e. The molecule has 5 nitrogen and oxygen atoms in total. The monoisotopic (exact) mass is 278 g/mol. The summed E-state index contributed by atoms with van der Waals surface area (Å²) in [6.45, 7) is 1.87. The summed E-state index contributed by atoms with van der Waals surface area (Å²) in [7, 11) is 1.78. The fraction of sp³-hybridized carbons (Fsp3) is 0.600. The van der Waals surface area contributed by atoms with Gasteiger partial charge in [0.15, 0.2) is 0 Å². The van der Waals surface area contributed by atoms with Gasteiger partial charge in [0, 0.05) is 45.1 Å². The molecule has 5 heteroatoms. The molecule has 0 aromatic carbocycles. The minimum absolute atomic E-state index is 0.0586. The van der Waals surface area contributed by atoms with E-state index in [4.69, 9.17) is 4.42 Å². The lowest BCUT2D eigenvalue weighted by molar-refractivity contribution is -0.133. The average molecular weight is 278 g/mol. The second-order valence-electron chi connectivity index (χ2n) is 5.32. The molecule has 0 unspecified atom stereocenters. The fourth-order valence-electron chi connectivity index (χ4n) is 2.44. The van der Waals surface area contributed by atoms with Crippen molar-refractivity contribution in [3.8, 4) is 0 Å². The maximum Gasteiger partial charge on any atom is 0.224 e. The summed E-state index contributed by atoms with van der Waals surface area (Å²) in [6, 6.07) is 1.85. The zero-order valence-corrected chi connectivity index (χ0v) is 12.0. The van der Waals surface area contributed by atoms with Gasteiger partial charge >= 0.3 is 0 Å². The molecule has 1 aliphatic heterocycles. The van der Waals surface area contributed by atoms with E-state index in [1.54, 1.807) is 24.5 Å². The molecule has 110 valence electrons. The van der Waals surface area contributed by atoms with E-state index in [9.17, 15) is 9.59 Å². The molecule has 0 N–H and O–H groups in total. The molecule has 2 rings (SSSR count). The molecule has 0 bridgehead atoms. The Kier molecular flexibility index (Phi) is 5.21. The highest BCUT2D eigenvalue weighted by Crippen LogP contribution is 2.12. The number of carbonyl (C=O) groups is 2. The third-order valence-corrected chi connectivity index (χ3v) is 3.69. The Labute approximate surface area is 119 Å². The third kappa shape index (κ3) is 4.11. The second-order valence-corrected chi connectivity index (χ2v) is 5.32. The van der Waals surface area contributed by atoms with Gasteiger partial charge in [0.05, 0.1) is 12.5 Å². The Balaban J connectivity index is 1.77. The van der Waals surface area contributed by atoms with Crippen molar-refractivity contribution in [1.29, 1.82) is 0 Å². The largest absolute Gasteiger partial charge is 0.472 e. The van der Waals surface area contributed by atoms with Crippen LogP contribution in [0.3, 0.4) is 0 Å². The van der Waals surface area contributed by atoms with Crippen molar-refractivity contribution in [2.75, 3.05) is 20.1 Å². The van der Waals surface area contributed by atoms with Gasteiger partial charge in [-0.15, -0.1) is 0 Å². The molecular formula is C15H22N2O3. The number of amides is 2. The Morgan fingerprint density at radius 2 is 2.25 bits per heavy atom. The maximum absolute atomic E-state index is 12.1. The molecule has 1 aliphatic rings. The highest BCUT2D eigenvalue weighted by Gasteiger charge is 2.18. The van der Waals surface area contributed by atoms with Gasteiger partial charge in [-0.3, -0.25) is 9.59 Å². The van der Waals surface area contributed by atoms with E-state index in [-0.39, 0.29) is 11.8 Å². The van der Waals surface area contributed by atoms with Crippen LogP contribution in [-0.2, 0) is 16.1 Å². The minimum atomic E-state index is 0.0586. The van der Waals surface area contributed by atoms with Crippen molar-refractivity contribution in [2.45, 2.75) is 38.6 Å². The van der Waals surface area contributed by atoms with Crippen LogP contribution in [0.15, 0.2) is 23.0 Å². The van der Waals surface area contributed by atoms with Gasteiger partial charge in [-0.05, 0) is 18.9 Å². The van der Waals surface area contributed by atoms with Crippen molar-refractivity contribution < 1.29 is 14.0 Å². The summed E-state index contributed by atoms with van der Waals surface area (Å²) >= 11 is 0. The number of carbonyl (C=O) groups excluding carboxylic acids is 2. The van der Waals surface area contributed by atoms with Crippen molar-refractivity contribution in [3.63, 3.8) is 0 Å². The topological polar surface area (TPSA) is 53.8 Å². The van der Waals surface area contributed by atoms with Crippen molar-refractivity contribution in [2.24, 2.45) is 0 Å². The van der Waals surface area contributed by atoms with Gasteiger partial charge in [0.2, 0.25) is 11.8 Å². The number of likely N-dealkylation sites (tertiary alicyclic amines) is 1. The summed E-state index contributed by atoms with van der Waals surface area (Å²) in [6.07, 6.45) is 7.38. The van der Waals surface area contributed by atoms with E-state index in [0.29, 0.717) is 25.9 Å². The first kappa shape index (κ1) is 14.6. The van der Waals surface area contributed by atoms with Gasteiger partial charge in [-0.25, -0.2) is 0 Å². The first-order chi connectivity index (χ1) is 9.66. The molecule has 1 fully saturated rings. The van der Waals surface area contributed by atoms with E-state index in [1.807, 2.05) is 11.0 Å². The molecule has 0 spiro atoms. The molecule has 1 aromatic rings. The average Bonchev–Trinajstić information content (AvgIpc) is 2.85. The first-order valence-corrected chi connectivity index (χ1v) is 7.19. The van der Waals surface area contributed by atoms with Crippen LogP contribution in [0, 0.1) is 0 Å². The molecule has 2 amide bonds. The fourth-order valence-corrected chi connectivity index (χ4v) is 2.44. The molecule has 20 heavy (non-hydrogen) atoms. The highest BCUT2D eigenvalue weighted by molar-refractivity contribution is 5.79. The quantitative estimate of drug-likeness (QED) is 0.828. The SMILES string of the molecule is CN(Cc1ccoc1)C(=O)CCN1CCCCCC1=O. The molecular weight excluding hydrogens is 256 g/mol. The van der Waals surface area contributed by atoms with Gasteiger partial charge in [0.25, 0.3) is 0 Å². The van der Waals surface area contributed by atoms with Crippen molar-refractivity contribution in [1.82, 2.24) is 9.80 Å². The Morgan fingerprint density at radius 3 is 3.00 bits per heavy atom. The van der Waals surface area contributed by atoms with Crippen molar-refractivity contribution in [3.05, 3.63) is 24.2 Å². The lowest BCUT2D eigenvalue weighted by Crippen LogP contribution is -2.35. The highest BCUT2D eigenvalue weighted by atomic mass is 16.3. The molecule has 0 aliphatic carbocycles. The number of nitrogens with zero attached hydrogens (tertiary/aromatic N) is 2. The first-order valence-electron chi connectivity index (χ1n) is 7.19. The molecule has 1 aromatic heterocycles. The second kappa shape index (κ2) is 7.12. The summed E-state index contributed by atoms with van der Waals surface area (Å²) in [4.78, 5) is 27.4. The predicted molar refractivity (Wildman–Crippen MR) is 74.8 cm³/mol. The van der Waals surface area contributed by atoms with Crippen LogP contribution in [0.25, 0.3) is 0 Å². The van der Waals surface area contributed by atoms with E-state index < -0.39 is 0 Å². The summed E-state index contributed by atoms with van der Waals surface area (Å²) in [5, 5.41) is 0. The van der Waals surface area contributed by atoms with Crippen LogP contribution < -0.4 is 0 Å². The van der Waals surface area contributed by atoms with Gasteiger partial charge in [0.1, 0.15) is 0 Å². The molecule has 0 radical (unpaired) electrons. The van der Waals surface area contributed by atoms with Crippen LogP contribution in [0.4, 0.5) is 0 Å². The standard InChI is InChI=1S/C15H22N2O3/c1-16(11-13-7-10-20-12-13)14(18)6-9-17-8-4-2-3-5-15(17)19/h7,10,12H,2-6,8-9,11H2,1H3. The Hall–Kier alpha value is -1.78. The third-order valence-electron chi connectivity index (χ3n) is 3.69. The maximum atomic E-state index is 12.1. The molecule has 0 saturated carbocycles. The molecule has 0 atom stereocenters. The van der Waals surface area contributed by atoms with Crippen molar-refractivity contribution >= 4 is 11.8 Å². The number of furan rings is 1. The van der Waals surface area contributed by atoms with Crippen LogP contribution >= 0.6 is 0 Å². The van der Waals surface area contributed by atoms with Crippen LogP contribution in [-0.4, -0.2) is 41.8 Å². The lowest BCUT2D eigenvalue weighted by Gasteiger charge is -2.22. The van der Waals surface area contributed by atoms with E-state index in [2.05, 4.69) is 0 Å². The molecule has 2 heterocycles. The number of rotatable bonds is 5. The zero-order chi connectivity index (χ0) is 14.4. The van der Waals surface area contributed by atoms with Gasteiger partial charge < -0.3 is 14.2 Å². The number of hydrogen-bond acceptors (Lipinski definition) is 3.